The van der Waals surface area contributed by atoms with Gasteiger partial charge in [0.05, 0.1) is 20.8 Å². The molecule has 5 heteroatoms. The molecule has 0 amide bonds. The third-order valence-electron chi connectivity index (χ3n) is 4.78. The molecule has 0 aromatic heterocycles. The van der Waals surface area contributed by atoms with Crippen molar-refractivity contribution in [2.24, 2.45) is 0 Å². The van der Waals surface area contributed by atoms with Crippen LogP contribution < -0.4 is 9.47 Å². The summed E-state index contributed by atoms with van der Waals surface area (Å²) in [6.45, 7) is 2.23. The molecule has 0 saturated carbocycles. The van der Waals surface area contributed by atoms with Gasteiger partial charge in [-0.1, -0.05) is 29.8 Å². The topological polar surface area (TPSA) is 65.0 Å². The van der Waals surface area contributed by atoms with Crippen LogP contribution in [-0.4, -0.2) is 31.9 Å². The minimum absolute atomic E-state index is 0.0718. The molecule has 1 saturated heterocycles. The van der Waals surface area contributed by atoms with Crippen LogP contribution in [0, 0.1) is 6.92 Å². The lowest BCUT2D eigenvalue weighted by molar-refractivity contribution is -0.161. The van der Waals surface area contributed by atoms with Gasteiger partial charge in [0.25, 0.3) is 0 Å². The van der Waals surface area contributed by atoms with Crippen molar-refractivity contribution in [2.45, 2.75) is 24.9 Å². The molecule has 5 nitrogen and oxygen atoms in total. The lowest BCUT2D eigenvalue weighted by Crippen LogP contribution is -2.35. The lowest BCUT2D eigenvalue weighted by atomic mass is 9.83. The van der Waals surface area contributed by atoms with Crippen LogP contribution in [-0.2, 0) is 15.1 Å². The number of carboxylic acids is 1. The number of rotatable bonds is 5. The molecule has 1 aliphatic heterocycles. The van der Waals surface area contributed by atoms with E-state index in [0.29, 0.717) is 24.3 Å². The molecule has 1 fully saturated rings. The van der Waals surface area contributed by atoms with Crippen molar-refractivity contribution in [3.63, 3.8) is 0 Å². The van der Waals surface area contributed by atoms with Gasteiger partial charge in [-0.05, 0) is 30.7 Å². The fraction of sp³-hybridized carbons (Fsp3) is 0.350. The zero-order valence-electron chi connectivity index (χ0n) is 14.6. The molecular weight excluding hydrogens is 320 g/mol. The van der Waals surface area contributed by atoms with Gasteiger partial charge in [-0.15, -0.1) is 0 Å². The lowest BCUT2D eigenvalue weighted by Gasteiger charge is -2.26. The number of carbonyl (C=O) groups is 1. The molecule has 25 heavy (non-hydrogen) atoms. The predicted octanol–water partition coefficient (Wildman–Crippen LogP) is 3.50. The van der Waals surface area contributed by atoms with Crippen molar-refractivity contribution >= 4 is 5.97 Å². The summed E-state index contributed by atoms with van der Waals surface area (Å²) in [5, 5.41) is 10.0. The summed E-state index contributed by atoms with van der Waals surface area (Å²) < 4.78 is 16.8. The second-order valence-corrected chi connectivity index (χ2v) is 6.29. The maximum Gasteiger partial charge on any atom is 0.340 e. The summed E-state index contributed by atoms with van der Waals surface area (Å²) in [5.74, 6) is 0.188. The summed E-state index contributed by atoms with van der Waals surface area (Å²) in [6, 6.07) is 13.2. The van der Waals surface area contributed by atoms with Crippen LogP contribution in [0.4, 0.5) is 0 Å². The van der Waals surface area contributed by atoms with Crippen LogP contribution in [0.1, 0.15) is 29.0 Å². The van der Waals surface area contributed by atoms with Gasteiger partial charge in [-0.2, -0.15) is 0 Å². The van der Waals surface area contributed by atoms with Crippen LogP contribution in [0.3, 0.4) is 0 Å². The van der Waals surface area contributed by atoms with Gasteiger partial charge in [0.15, 0.2) is 5.60 Å². The highest BCUT2D eigenvalue weighted by atomic mass is 16.5. The monoisotopic (exact) mass is 342 g/mol. The average Bonchev–Trinajstić information content (AvgIpc) is 3.08. The fourth-order valence-electron chi connectivity index (χ4n) is 3.50. The first-order valence-corrected chi connectivity index (χ1v) is 8.17. The highest BCUT2D eigenvalue weighted by molar-refractivity contribution is 5.81. The molecule has 2 aromatic carbocycles. The van der Waals surface area contributed by atoms with E-state index in [1.54, 1.807) is 13.2 Å². The van der Waals surface area contributed by atoms with Crippen LogP contribution >= 0.6 is 0 Å². The molecular formula is C20H22O5. The summed E-state index contributed by atoms with van der Waals surface area (Å²) in [5.41, 5.74) is 1.04. The van der Waals surface area contributed by atoms with E-state index in [9.17, 15) is 9.90 Å². The Morgan fingerprint density at radius 2 is 1.88 bits per heavy atom. The number of hydrogen-bond donors (Lipinski definition) is 1. The SMILES string of the molecule is COc1ccccc1[C@@H]1CO[C@@](C(=O)O)(c2cc(C)ccc2OC)C1. The number of para-hydroxylation sites is 1. The Labute approximate surface area is 147 Å². The van der Waals surface area contributed by atoms with Crippen LogP contribution in [0.5, 0.6) is 11.5 Å². The molecule has 3 rings (SSSR count). The van der Waals surface area contributed by atoms with E-state index in [1.807, 2.05) is 43.3 Å². The maximum absolute atomic E-state index is 12.2. The summed E-state index contributed by atoms with van der Waals surface area (Å²) in [6.07, 6.45) is 0.322. The molecule has 1 aliphatic rings. The number of benzene rings is 2. The van der Waals surface area contributed by atoms with Crippen molar-refractivity contribution in [2.75, 3.05) is 20.8 Å². The predicted molar refractivity (Wildman–Crippen MR) is 93.3 cm³/mol. The largest absolute Gasteiger partial charge is 0.496 e. The Morgan fingerprint density at radius 1 is 1.16 bits per heavy atom. The van der Waals surface area contributed by atoms with Gasteiger partial charge in [-0.3, -0.25) is 0 Å². The average molecular weight is 342 g/mol. The third-order valence-corrected chi connectivity index (χ3v) is 4.78. The highest BCUT2D eigenvalue weighted by Gasteiger charge is 2.51. The Morgan fingerprint density at radius 3 is 2.56 bits per heavy atom. The number of hydrogen-bond acceptors (Lipinski definition) is 4. The quantitative estimate of drug-likeness (QED) is 0.901. The number of methoxy groups -OCH3 is 2. The second-order valence-electron chi connectivity index (χ2n) is 6.29. The van der Waals surface area contributed by atoms with Gasteiger partial charge in [0, 0.05) is 17.9 Å². The normalized spacial score (nSPS) is 22.6. The van der Waals surface area contributed by atoms with Crippen LogP contribution in [0.25, 0.3) is 0 Å². The molecule has 132 valence electrons. The molecule has 2 atom stereocenters. The summed E-state index contributed by atoms with van der Waals surface area (Å²) >= 11 is 0. The summed E-state index contributed by atoms with van der Waals surface area (Å²) in [7, 11) is 3.15. The van der Waals surface area contributed by atoms with E-state index in [2.05, 4.69) is 0 Å². The standard InChI is InChI=1S/C20H22O5/c1-13-8-9-18(24-3)16(10-13)20(19(21)22)11-14(12-25-20)15-6-4-5-7-17(15)23-2/h4-10,14H,11-12H2,1-3H3,(H,21,22)/t14-,20+/m0/s1. The molecule has 1 N–H and O–H groups in total. The first kappa shape index (κ1) is 17.3. The molecule has 0 bridgehead atoms. The van der Waals surface area contributed by atoms with E-state index in [0.717, 1.165) is 16.9 Å². The second kappa shape index (κ2) is 6.76. The van der Waals surface area contributed by atoms with Gasteiger partial charge < -0.3 is 19.3 Å². The summed E-state index contributed by atoms with van der Waals surface area (Å²) in [4.78, 5) is 12.2. The zero-order valence-corrected chi connectivity index (χ0v) is 14.6. The van der Waals surface area contributed by atoms with Gasteiger partial charge >= 0.3 is 5.97 Å². The van der Waals surface area contributed by atoms with Crippen LogP contribution in [0.15, 0.2) is 42.5 Å². The Kier molecular flexibility index (Phi) is 4.68. The van der Waals surface area contributed by atoms with Crippen molar-refractivity contribution in [1.82, 2.24) is 0 Å². The van der Waals surface area contributed by atoms with E-state index >= 15 is 0 Å². The molecule has 0 radical (unpaired) electrons. The molecule has 2 aromatic rings. The van der Waals surface area contributed by atoms with E-state index in [-0.39, 0.29) is 5.92 Å². The van der Waals surface area contributed by atoms with E-state index in [4.69, 9.17) is 14.2 Å². The van der Waals surface area contributed by atoms with Gasteiger partial charge in [0.2, 0.25) is 0 Å². The third kappa shape index (κ3) is 2.96. The van der Waals surface area contributed by atoms with E-state index in [1.165, 1.54) is 7.11 Å². The minimum Gasteiger partial charge on any atom is -0.496 e. The minimum atomic E-state index is -1.43. The van der Waals surface area contributed by atoms with Gasteiger partial charge in [-0.25, -0.2) is 4.79 Å². The van der Waals surface area contributed by atoms with Crippen molar-refractivity contribution < 1.29 is 24.1 Å². The first-order chi connectivity index (χ1) is 12.0. The van der Waals surface area contributed by atoms with Crippen molar-refractivity contribution in [3.05, 3.63) is 59.2 Å². The van der Waals surface area contributed by atoms with E-state index < -0.39 is 11.6 Å². The Bertz CT molecular complexity index is 785. The Hall–Kier alpha value is -2.53. The number of aryl methyl sites for hydroxylation is 1. The smallest absolute Gasteiger partial charge is 0.340 e. The molecule has 0 aliphatic carbocycles. The first-order valence-electron chi connectivity index (χ1n) is 8.17. The number of ether oxygens (including phenoxy) is 3. The van der Waals surface area contributed by atoms with Crippen molar-refractivity contribution in [1.29, 1.82) is 0 Å². The van der Waals surface area contributed by atoms with Gasteiger partial charge in [0.1, 0.15) is 11.5 Å². The van der Waals surface area contributed by atoms with Crippen molar-refractivity contribution in [3.8, 4) is 11.5 Å². The fourth-order valence-corrected chi connectivity index (χ4v) is 3.50. The zero-order chi connectivity index (χ0) is 18.0. The van der Waals surface area contributed by atoms with Crippen LogP contribution in [0.2, 0.25) is 0 Å². The molecule has 0 unspecified atom stereocenters. The molecule has 1 heterocycles. The maximum atomic E-state index is 12.2. The highest BCUT2D eigenvalue weighted by Crippen LogP contribution is 2.48. The number of aliphatic carboxylic acids is 1. The Balaban J connectivity index is 2.05. The number of carboxylic acid groups (broad SMARTS) is 1. The molecule has 0 spiro atoms.